The van der Waals surface area contributed by atoms with E-state index in [0.29, 0.717) is 12.6 Å². The van der Waals surface area contributed by atoms with Crippen molar-refractivity contribution in [2.75, 3.05) is 39.1 Å². The highest BCUT2D eigenvalue weighted by molar-refractivity contribution is 5.38. The summed E-state index contributed by atoms with van der Waals surface area (Å²) in [6.07, 6.45) is 3.04. The van der Waals surface area contributed by atoms with E-state index in [1.54, 1.807) is 0 Å². The number of anilines is 1. The van der Waals surface area contributed by atoms with Crippen molar-refractivity contribution >= 4 is 5.82 Å². The molecule has 0 amide bonds. The van der Waals surface area contributed by atoms with Crippen molar-refractivity contribution < 1.29 is 0 Å². The number of likely N-dealkylation sites (tertiary alicyclic amines) is 1. The molecule has 0 bridgehead atoms. The summed E-state index contributed by atoms with van der Waals surface area (Å²) in [5.41, 5.74) is 0. The molecule has 1 aliphatic heterocycles. The molecule has 17 heavy (non-hydrogen) atoms. The molecular weight excluding hydrogens is 214 g/mol. The highest BCUT2D eigenvalue weighted by Crippen LogP contribution is 2.18. The first-order valence-corrected chi connectivity index (χ1v) is 6.08. The Hall–Kier alpha value is -1.20. The molecule has 94 valence electrons. The highest BCUT2D eigenvalue weighted by Gasteiger charge is 2.24. The predicted octanol–water partition coefficient (Wildman–Crippen LogP) is 0.336. The summed E-state index contributed by atoms with van der Waals surface area (Å²) < 4.78 is 0. The van der Waals surface area contributed by atoms with E-state index in [1.165, 1.54) is 13.0 Å². The van der Waals surface area contributed by atoms with Crippen molar-refractivity contribution in [3.8, 4) is 0 Å². The second-order valence-electron chi connectivity index (χ2n) is 4.68. The molecule has 1 aromatic rings. The molecular formula is C12H21N5. The monoisotopic (exact) mass is 235 g/mol. The molecule has 0 radical (unpaired) electrons. The van der Waals surface area contributed by atoms with Crippen molar-refractivity contribution in [3.63, 3.8) is 0 Å². The Morgan fingerprint density at radius 3 is 3.06 bits per heavy atom. The smallest absolute Gasteiger partial charge is 0.144 e. The largest absolute Gasteiger partial charge is 0.355 e. The summed E-state index contributed by atoms with van der Waals surface area (Å²) in [4.78, 5) is 13.4. The third-order valence-corrected chi connectivity index (χ3v) is 3.30. The fourth-order valence-electron chi connectivity index (χ4n) is 2.24. The summed E-state index contributed by atoms with van der Waals surface area (Å²) >= 11 is 0. The Bertz CT molecular complexity index is 368. The van der Waals surface area contributed by atoms with Crippen LogP contribution in [0.15, 0.2) is 12.3 Å². The summed E-state index contributed by atoms with van der Waals surface area (Å²) in [5, 5.41) is 3.07. The number of hydrogen-bond acceptors (Lipinski definition) is 5. The molecule has 0 aliphatic carbocycles. The van der Waals surface area contributed by atoms with E-state index >= 15 is 0 Å². The Morgan fingerprint density at radius 1 is 1.59 bits per heavy atom. The molecule has 1 N–H and O–H groups in total. The van der Waals surface area contributed by atoms with Gasteiger partial charge in [0.05, 0.1) is 6.54 Å². The number of rotatable bonds is 4. The van der Waals surface area contributed by atoms with Gasteiger partial charge in [-0.3, -0.25) is 0 Å². The van der Waals surface area contributed by atoms with Crippen molar-refractivity contribution in [3.05, 3.63) is 18.1 Å². The minimum atomic E-state index is 0.567. The molecule has 1 saturated heterocycles. The van der Waals surface area contributed by atoms with Crippen LogP contribution >= 0.6 is 0 Å². The second-order valence-corrected chi connectivity index (χ2v) is 4.68. The first-order chi connectivity index (χ1) is 8.20. The van der Waals surface area contributed by atoms with Gasteiger partial charge >= 0.3 is 0 Å². The molecule has 1 fully saturated rings. The fraction of sp³-hybridized carbons (Fsp3) is 0.667. The van der Waals surface area contributed by atoms with E-state index in [9.17, 15) is 0 Å². The van der Waals surface area contributed by atoms with Crippen molar-refractivity contribution in [1.29, 1.82) is 0 Å². The number of nitrogens with one attached hydrogen (secondary N) is 1. The zero-order valence-corrected chi connectivity index (χ0v) is 10.8. The molecule has 5 nitrogen and oxygen atoms in total. The van der Waals surface area contributed by atoms with Crippen LogP contribution in [0.3, 0.4) is 0 Å². The lowest BCUT2D eigenvalue weighted by Gasteiger charge is -2.25. The summed E-state index contributed by atoms with van der Waals surface area (Å²) in [6.45, 7) is 3.00. The van der Waals surface area contributed by atoms with Gasteiger partial charge in [-0.05, 0) is 33.1 Å². The summed E-state index contributed by atoms with van der Waals surface area (Å²) in [7, 11) is 6.20. The van der Waals surface area contributed by atoms with Crippen LogP contribution in [0.1, 0.15) is 12.2 Å². The standard InChI is InChI=1S/C12H21N5/c1-13-8-11-14-6-4-12(15-11)17(3)10-5-7-16(2)9-10/h4,6,10,13H,5,7-9H2,1-3H3. The van der Waals surface area contributed by atoms with Crippen LogP contribution in [0.4, 0.5) is 5.82 Å². The van der Waals surface area contributed by atoms with Crippen molar-refractivity contribution in [1.82, 2.24) is 20.2 Å². The zero-order chi connectivity index (χ0) is 12.3. The normalized spacial score (nSPS) is 20.8. The lowest BCUT2D eigenvalue weighted by Crippen LogP contribution is -2.34. The van der Waals surface area contributed by atoms with Crippen LogP contribution < -0.4 is 10.2 Å². The molecule has 1 aliphatic rings. The van der Waals surface area contributed by atoms with Crippen molar-refractivity contribution in [2.45, 2.75) is 19.0 Å². The summed E-state index contributed by atoms with van der Waals surface area (Å²) in [6, 6.07) is 2.55. The van der Waals surface area contributed by atoms with Crippen LogP contribution in [0, 0.1) is 0 Å². The van der Waals surface area contributed by atoms with Gasteiger partial charge in [0.2, 0.25) is 0 Å². The van der Waals surface area contributed by atoms with E-state index in [2.05, 4.69) is 39.2 Å². The maximum atomic E-state index is 4.57. The molecule has 1 unspecified atom stereocenters. The molecule has 1 atom stereocenters. The van der Waals surface area contributed by atoms with E-state index < -0.39 is 0 Å². The Morgan fingerprint density at radius 2 is 2.41 bits per heavy atom. The maximum absolute atomic E-state index is 4.57. The average molecular weight is 235 g/mol. The number of nitrogens with zero attached hydrogens (tertiary/aromatic N) is 4. The first-order valence-electron chi connectivity index (χ1n) is 6.08. The SMILES string of the molecule is CNCc1nccc(N(C)C2CCN(C)C2)n1. The quantitative estimate of drug-likeness (QED) is 0.815. The minimum Gasteiger partial charge on any atom is -0.355 e. The Kier molecular flexibility index (Phi) is 3.91. The van der Waals surface area contributed by atoms with Crippen LogP contribution in [-0.2, 0) is 6.54 Å². The van der Waals surface area contributed by atoms with Crippen LogP contribution in [0.25, 0.3) is 0 Å². The molecule has 0 saturated carbocycles. The first kappa shape index (κ1) is 12.3. The lowest BCUT2D eigenvalue weighted by atomic mass is 10.2. The molecule has 0 spiro atoms. The number of aromatic nitrogens is 2. The maximum Gasteiger partial charge on any atom is 0.144 e. The fourth-order valence-corrected chi connectivity index (χ4v) is 2.24. The van der Waals surface area contributed by atoms with Crippen LogP contribution in [-0.4, -0.2) is 55.1 Å². The zero-order valence-electron chi connectivity index (χ0n) is 10.8. The van der Waals surface area contributed by atoms with Crippen LogP contribution in [0.2, 0.25) is 0 Å². The number of likely N-dealkylation sites (N-methyl/N-ethyl adjacent to an activating group) is 2. The molecule has 5 heteroatoms. The van der Waals surface area contributed by atoms with Gasteiger partial charge in [0, 0.05) is 25.8 Å². The van der Waals surface area contributed by atoms with E-state index in [0.717, 1.165) is 18.2 Å². The topological polar surface area (TPSA) is 44.3 Å². The number of hydrogen-bond donors (Lipinski definition) is 1. The average Bonchev–Trinajstić information content (AvgIpc) is 2.76. The van der Waals surface area contributed by atoms with E-state index in [1.807, 2.05) is 19.3 Å². The van der Waals surface area contributed by atoms with Gasteiger partial charge in [-0.2, -0.15) is 0 Å². The van der Waals surface area contributed by atoms with Gasteiger partial charge in [-0.25, -0.2) is 9.97 Å². The van der Waals surface area contributed by atoms with Gasteiger partial charge in [-0.1, -0.05) is 0 Å². The summed E-state index contributed by atoms with van der Waals surface area (Å²) in [5.74, 6) is 1.87. The van der Waals surface area contributed by atoms with Crippen LogP contribution in [0.5, 0.6) is 0 Å². The third kappa shape index (κ3) is 2.92. The Labute approximate surface area is 103 Å². The predicted molar refractivity (Wildman–Crippen MR) is 69.1 cm³/mol. The van der Waals surface area contributed by atoms with Gasteiger partial charge < -0.3 is 15.1 Å². The molecule has 1 aromatic heterocycles. The van der Waals surface area contributed by atoms with Gasteiger partial charge in [0.1, 0.15) is 11.6 Å². The highest BCUT2D eigenvalue weighted by atomic mass is 15.3. The second kappa shape index (κ2) is 5.42. The van der Waals surface area contributed by atoms with Gasteiger partial charge in [0.15, 0.2) is 0 Å². The Balaban J connectivity index is 2.07. The third-order valence-electron chi connectivity index (χ3n) is 3.30. The molecule has 2 rings (SSSR count). The van der Waals surface area contributed by atoms with E-state index in [-0.39, 0.29) is 0 Å². The van der Waals surface area contributed by atoms with Crippen molar-refractivity contribution in [2.24, 2.45) is 0 Å². The molecule has 0 aromatic carbocycles. The van der Waals surface area contributed by atoms with Gasteiger partial charge in [-0.15, -0.1) is 0 Å². The van der Waals surface area contributed by atoms with E-state index in [4.69, 9.17) is 0 Å². The minimum absolute atomic E-state index is 0.567. The molecule has 2 heterocycles. The van der Waals surface area contributed by atoms with Gasteiger partial charge in [0.25, 0.3) is 0 Å². The lowest BCUT2D eigenvalue weighted by molar-refractivity contribution is 0.409.